The molecular weight excluding hydrogens is 468 g/mol. The molecule has 2 aromatic heterocycles. The van der Waals surface area contributed by atoms with Gasteiger partial charge in [-0.1, -0.05) is 48.5 Å². The van der Waals surface area contributed by atoms with E-state index in [-0.39, 0.29) is 6.42 Å². The van der Waals surface area contributed by atoms with Gasteiger partial charge in [-0.2, -0.15) is 15.0 Å². The highest BCUT2D eigenvalue weighted by Crippen LogP contribution is 2.22. The Labute approximate surface area is 214 Å². The first-order chi connectivity index (χ1) is 18.0. The molecule has 0 saturated carbocycles. The Morgan fingerprint density at radius 2 is 1.57 bits per heavy atom. The van der Waals surface area contributed by atoms with E-state index in [9.17, 15) is 9.90 Å². The van der Waals surface area contributed by atoms with Crippen molar-refractivity contribution >= 4 is 5.97 Å². The fourth-order valence-electron chi connectivity index (χ4n) is 3.99. The normalized spacial score (nSPS) is 10.9. The summed E-state index contributed by atoms with van der Waals surface area (Å²) in [5.74, 6) is 1.21. The van der Waals surface area contributed by atoms with Crippen LogP contribution in [-0.2, 0) is 24.1 Å². The summed E-state index contributed by atoms with van der Waals surface area (Å²) < 4.78 is 11.8. The van der Waals surface area contributed by atoms with Crippen molar-refractivity contribution in [1.29, 1.82) is 0 Å². The molecule has 0 aliphatic carbocycles. The minimum absolute atomic E-state index is 0.184. The van der Waals surface area contributed by atoms with Crippen LogP contribution in [0.1, 0.15) is 28.4 Å². The second kappa shape index (κ2) is 10.9. The molecule has 186 valence electrons. The molecule has 8 heteroatoms. The van der Waals surface area contributed by atoms with E-state index >= 15 is 0 Å². The van der Waals surface area contributed by atoms with Crippen molar-refractivity contribution in [2.24, 2.45) is 0 Å². The lowest BCUT2D eigenvalue weighted by Crippen LogP contribution is -2.04. The van der Waals surface area contributed by atoms with Crippen molar-refractivity contribution < 1.29 is 19.1 Å². The third-order valence-corrected chi connectivity index (χ3v) is 5.89. The van der Waals surface area contributed by atoms with Crippen molar-refractivity contribution in [2.75, 3.05) is 6.61 Å². The van der Waals surface area contributed by atoms with Crippen LogP contribution in [0.25, 0.3) is 17.1 Å². The molecule has 0 amide bonds. The molecule has 0 saturated heterocycles. The maximum atomic E-state index is 11.4. The summed E-state index contributed by atoms with van der Waals surface area (Å²) in [6.07, 6.45) is 0.915. The third kappa shape index (κ3) is 5.92. The lowest BCUT2D eigenvalue weighted by Gasteiger charge is -2.06. The topological polar surface area (TPSA) is 103 Å². The van der Waals surface area contributed by atoms with Gasteiger partial charge >= 0.3 is 5.97 Å². The Balaban J connectivity index is 1.21. The second-order valence-electron chi connectivity index (χ2n) is 8.60. The molecule has 1 N–H and O–H groups in total. The number of benzene rings is 3. The number of carbonyl (C=O) groups is 1. The van der Waals surface area contributed by atoms with E-state index in [0.717, 1.165) is 34.0 Å². The zero-order chi connectivity index (χ0) is 25.6. The van der Waals surface area contributed by atoms with Crippen LogP contribution in [0.2, 0.25) is 0 Å². The molecule has 0 aliphatic rings. The van der Waals surface area contributed by atoms with E-state index in [1.165, 1.54) is 4.80 Å². The highest BCUT2D eigenvalue weighted by molar-refractivity contribution is 5.69. The van der Waals surface area contributed by atoms with Crippen molar-refractivity contribution in [2.45, 2.75) is 26.2 Å². The standard InChI is InChI=1S/C29H26N4O4/c1-20-25(30-29(37-20)22-8-4-2-5-9-22)16-17-36-24-14-12-21(13-15-24)18-26-27(19-28(34)35)32-33(31-26)23-10-6-3-7-11-23/h2-15H,16-19H2,1H3,(H,34,35). The highest BCUT2D eigenvalue weighted by atomic mass is 16.5. The Bertz CT molecular complexity index is 1480. The third-order valence-electron chi connectivity index (χ3n) is 5.89. The number of carboxylic acid groups (broad SMARTS) is 1. The van der Waals surface area contributed by atoms with Crippen LogP contribution in [0.4, 0.5) is 0 Å². The molecule has 5 aromatic rings. The number of aryl methyl sites for hydroxylation is 1. The van der Waals surface area contributed by atoms with E-state index in [2.05, 4.69) is 15.2 Å². The summed E-state index contributed by atoms with van der Waals surface area (Å²) in [5.41, 5.74) is 4.68. The number of hydrogen-bond acceptors (Lipinski definition) is 6. The molecule has 0 bridgehead atoms. The number of ether oxygens (including phenoxy) is 1. The summed E-state index contributed by atoms with van der Waals surface area (Å²) >= 11 is 0. The average molecular weight is 495 g/mol. The van der Waals surface area contributed by atoms with E-state index in [1.54, 1.807) is 0 Å². The number of hydrogen-bond donors (Lipinski definition) is 1. The largest absolute Gasteiger partial charge is 0.493 e. The number of para-hydroxylation sites is 1. The molecule has 0 aliphatic heterocycles. The minimum Gasteiger partial charge on any atom is -0.493 e. The molecule has 0 radical (unpaired) electrons. The quantitative estimate of drug-likeness (QED) is 0.289. The smallest absolute Gasteiger partial charge is 0.309 e. The lowest BCUT2D eigenvalue weighted by molar-refractivity contribution is -0.136. The van der Waals surface area contributed by atoms with E-state index in [0.29, 0.717) is 36.7 Å². The summed E-state index contributed by atoms with van der Waals surface area (Å²) in [4.78, 5) is 17.5. The van der Waals surface area contributed by atoms with Gasteiger partial charge in [0.15, 0.2) is 0 Å². The molecule has 37 heavy (non-hydrogen) atoms. The van der Waals surface area contributed by atoms with Gasteiger partial charge < -0.3 is 14.3 Å². The Morgan fingerprint density at radius 1 is 0.892 bits per heavy atom. The van der Waals surface area contributed by atoms with Gasteiger partial charge in [-0.3, -0.25) is 4.79 Å². The second-order valence-corrected chi connectivity index (χ2v) is 8.60. The minimum atomic E-state index is -0.941. The molecule has 0 fully saturated rings. The van der Waals surface area contributed by atoms with Gasteiger partial charge in [-0.25, -0.2) is 4.98 Å². The fourth-order valence-corrected chi connectivity index (χ4v) is 3.99. The Hall–Kier alpha value is -4.72. The highest BCUT2D eigenvalue weighted by Gasteiger charge is 2.16. The number of carboxylic acids is 1. The van der Waals surface area contributed by atoms with Crippen molar-refractivity contribution in [3.05, 3.63) is 113 Å². The van der Waals surface area contributed by atoms with Crippen LogP contribution in [0, 0.1) is 6.92 Å². The molecule has 0 atom stereocenters. The van der Waals surface area contributed by atoms with Gasteiger partial charge in [-0.05, 0) is 48.9 Å². The first kappa shape index (κ1) is 24.0. The van der Waals surface area contributed by atoms with Crippen molar-refractivity contribution in [1.82, 2.24) is 20.0 Å². The average Bonchev–Trinajstić information content (AvgIpc) is 3.48. The van der Waals surface area contributed by atoms with Crippen LogP contribution in [0.3, 0.4) is 0 Å². The van der Waals surface area contributed by atoms with Crippen LogP contribution < -0.4 is 4.74 Å². The zero-order valence-corrected chi connectivity index (χ0v) is 20.4. The number of rotatable bonds is 10. The Morgan fingerprint density at radius 3 is 2.27 bits per heavy atom. The SMILES string of the molecule is Cc1oc(-c2ccccc2)nc1CCOc1ccc(Cc2nn(-c3ccccc3)nc2CC(=O)O)cc1. The number of nitrogens with zero attached hydrogens (tertiary/aromatic N) is 4. The van der Waals surface area contributed by atoms with Crippen LogP contribution in [0.15, 0.2) is 89.3 Å². The van der Waals surface area contributed by atoms with Gasteiger partial charge in [0, 0.05) is 18.4 Å². The molecule has 0 spiro atoms. The first-order valence-corrected chi connectivity index (χ1v) is 12.0. The molecule has 3 aromatic carbocycles. The first-order valence-electron chi connectivity index (χ1n) is 12.0. The van der Waals surface area contributed by atoms with E-state index in [1.807, 2.05) is 91.9 Å². The van der Waals surface area contributed by atoms with Crippen LogP contribution >= 0.6 is 0 Å². The van der Waals surface area contributed by atoms with Gasteiger partial charge in [0.25, 0.3) is 0 Å². The fraction of sp³-hybridized carbons (Fsp3) is 0.172. The van der Waals surface area contributed by atoms with E-state index in [4.69, 9.17) is 9.15 Å². The summed E-state index contributed by atoms with van der Waals surface area (Å²) in [5, 5.41) is 18.3. The monoisotopic (exact) mass is 494 g/mol. The molecule has 8 nitrogen and oxygen atoms in total. The van der Waals surface area contributed by atoms with Crippen LogP contribution in [-0.4, -0.2) is 37.7 Å². The number of aromatic nitrogens is 4. The summed E-state index contributed by atoms with van der Waals surface area (Å²) in [6.45, 7) is 2.38. The molecule has 0 unspecified atom stereocenters. The maximum Gasteiger partial charge on any atom is 0.309 e. The predicted molar refractivity (Wildman–Crippen MR) is 138 cm³/mol. The van der Waals surface area contributed by atoms with Gasteiger partial charge in [0.2, 0.25) is 5.89 Å². The van der Waals surface area contributed by atoms with Gasteiger partial charge in [0.1, 0.15) is 11.5 Å². The van der Waals surface area contributed by atoms with Gasteiger partial charge in [0.05, 0.1) is 35.8 Å². The predicted octanol–water partition coefficient (Wildman–Crippen LogP) is 5.07. The Kier molecular flexibility index (Phi) is 7.07. The molecule has 5 rings (SSSR count). The van der Waals surface area contributed by atoms with E-state index < -0.39 is 5.97 Å². The maximum absolute atomic E-state index is 11.4. The summed E-state index contributed by atoms with van der Waals surface area (Å²) in [7, 11) is 0. The van der Waals surface area contributed by atoms with Crippen molar-refractivity contribution in [3.8, 4) is 22.9 Å². The zero-order valence-electron chi connectivity index (χ0n) is 20.4. The molecular formula is C29H26N4O4. The molecule has 2 heterocycles. The number of aliphatic carboxylic acids is 1. The van der Waals surface area contributed by atoms with Gasteiger partial charge in [-0.15, -0.1) is 0 Å². The lowest BCUT2D eigenvalue weighted by atomic mass is 10.1. The van der Waals surface area contributed by atoms with Crippen LogP contribution in [0.5, 0.6) is 5.75 Å². The number of oxazole rings is 1. The van der Waals surface area contributed by atoms with Crippen molar-refractivity contribution in [3.63, 3.8) is 0 Å². The summed E-state index contributed by atoms with van der Waals surface area (Å²) in [6, 6.07) is 27.0.